The van der Waals surface area contributed by atoms with E-state index in [9.17, 15) is 0 Å². The van der Waals surface area contributed by atoms with E-state index in [4.69, 9.17) is 10.5 Å². The average Bonchev–Trinajstić information content (AvgIpc) is 3.23. The lowest BCUT2D eigenvalue weighted by atomic mass is 10.1. The van der Waals surface area contributed by atoms with Crippen molar-refractivity contribution in [1.82, 2.24) is 0 Å². The van der Waals surface area contributed by atoms with Crippen molar-refractivity contribution in [1.29, 1.82) is 0 Å². The quantitative estimate of drug-likeness (QED) is 0.326. The zero-order chi connectivity index (χ0) is 13.5. The third-order valence-corrected chi connectivity index (χ3v) is 3.20. The number of aryl methyl sites for hydroxylation is 1. The number of hydrogen-bond acceptors (Lipinski definition) is 2. The summed E-state index contributed by atoms with van der Waals surface area (Å²) in [4.78, 5) is 4.24. The third-order valence-electron chi connectivity index (χ3n) is 3.20. The van der Waals surface area contributed by atoms with Gasteiger partial charge in [0.15, 0.2) is 5.96 Å². The second-order valence-corrected chi connectivity index (χ2v) is 4.96. The summed E-state index contributed by atoms with van der Waals surface area (Å²) < 4.78 is 5.50. The first kappa shape index (κ1) is 17.2. The van der Waals surface area contributed by atoms with Crippen molar-refractivity contribution in [2.24, 2.45) is 16.6 Å². The molecule has 0 heterocycles. The third kappa shape index (κ3) is 6.56. The number of rotatable bonds is 7. The molecule has 1 aromatic rings. The summed E-state index contributed by atoms with van der Waals surface area (Å²) in [6.45, 7) is 4.27. The molecule has 0 unspecified atom stereocenters. The Morgan fingerprint density at radius 3 is 2.65 bits per heavy atom. The smallest absolute Gasteiger partial charge is 0.193 e. The van der Waals surface area contributed by atoms with Gasteiger partial charge in [-0.3, -0.25) is 4.99 Å². The number of nitrogens with one attached hydrogen (secondary N) is 1. The molecule has 1 aromatic carbocycles. The van der Waals surface area contributed by atoms with Gasteiger partial charge in [-0.1, -0.05) is 19.1 Å². The molecule has 0 amide bonds. The van der Waals surface area contributed by atoms with Crippen LogP contribution in [-0.4, -0.2) is 25.7 Å². The van der Waals surface area contributed by atoms with Crippen LogP contribution in [0.5, 0.6) is 0 Å². The highest BCUT2D eigenvalue weighted by molar-refractivity contribution is 14.0. The minimum atomic E-state index is 0. The molecule has 0 bridgehead atoms. The summed E-state index contributed by atoms with van der Waals surface area (Å²) in [6, 6.07) is 8.22. The summed E-state index contributed by atoms with van der Waals surface area (Å²) >= 11 is 0. The summed E-state index contributed by atoms with van der Waals surface area (Å²) in [5.41, 5.74) is 8.10. The fourth-order valence-corrected chi connectivity index (χ4v) is 1.78. The van der Waals surface area contributed by atoms with E-state index in [0.717, 1.165) is 24.6 Å². The van der Waals surface area contributed by atoms with Gasteiger partial charge in [0, 0.05) is 12.3 Å². The molecule has 1 aliphatic rings. The molecule has 3 N–H and O–H groups in total. The summed E-state index contributed by atoms with van der Waals surface area (Å²) in [5, 5.41) is 3.08. The Balaban J connectivity index is 0.00000200. The van der Waals surface area contributed by atoms with Gasteiger partial charge in [-0.15, -0.1) is 24.0 Å². The van der Waals surface area contributed by atoms with Crippen molar-refractivity contribution < 1.29 is 4.74 Å². The van der Waals surface area contributed by atoms with Gasteiger partial charge in [-0.25, -0.2) is 0 Å². The van der Waals surface area contributed by atoms with Crippen LogP contribution >= 0.6 is 24.0 Å². The molecule has 0 aliphatic heterocycles. The number of halogens is 1. The molecule has 0 atom stereocenters. The maximum Gasteiger partial charge on any atom is 0.193 e. The molecule has 20 heavy (non-hydrogen) atoms. The van der Waals surface area contributed by atoms with Gasteiger partial charge in [-0.05, 0) is 42.9 Å². The van der Waals surface area contributed by atoms with E-state index < -0.39 is 0 Å². The molecule has 0 saturated heterocycles. The van der Waals surface area contributed by atoms with Crippen LogP contribution in [0.4, 0.5) is 5.69 Å². The molecule has 1 saturated carbocycles. The standard InChI is InChI=1S/C15H23N3O.HI/c1-2-12-5-7-14(8-6-12)18-15(16)17-9-10-19-11-13-3-4-13;/h5-8,13H,2-4,9-11H2,1H3,(H3,16,17,18);1H. The first-order valence-electron chi connectivity index (χ1n) is 7.01. The SMILES string of the molecule is CCc1ccc(NC(N)=NCCOCC2CC2)cc1.I. The van der Waals surface area contributed by atoms with Gasteiger partial charge in [0.25, 0.3) is 0 Å². The first-order chi connectivity index (χ1) is 9.28. The molecule has 0 radical (unpaired) electrons. The van der Waals surface area contributed by atoms with Crippen LogP contribution in [0.1, 0.15) is 25.3 Å². The number of anilines is 1. The summed E-state index contributed by atoms with van der Waals surface area (Å²) in [5.74, 6) is 1.25. The second kappa shape index (κ2) is 9.18. The van der Waals surface area contributed by atoms with E-state index in [1.54, 1.807) is 0 Å². The van der Waals surface area contributed by atoms with E-state index >= 15 is 0 Å². The lowest BCUT2D eigenvalue weighted by molar-refractivity contribution is 0.132. The molecule has 2 rings (SSSR count). The van der Waals surface area contributed by atoms with Crippen LogP contribution < -0.4 is 11.1 Å². The van der Waals surface area contributed by atoms with Gasteiger partial charge in [-0.2, -0.15) is 0 Å². The van der Waals surface area contributed by atoms with Crippen molar-refractivity contribution in [2.45, 2.75) is 26.2 Å². The maximum atomic E-state index is 5.81. The molecule has 0 aromatic heterocycles. The van der Waals surface area contributed by atoms with Crippen LogP contribution in [0.2, 0.25) is 0 Å². The number of nitrogens with zero attached hydrogens (tertiary/aromatic N) is 1. The monoisotopic (exact) mass is 389 g/mol. The minimum Gasteiger partial charge on any atom is -0.379 e. The van der Waals surface area contributed by atoms with Crippen LogP contribution in [0.15, 0.2) is 29.3 Å². The van der Waals surface area contributed by atoms with E-state index in [1.165, 1.54) is 18.4 Å². The van der Waals surface area contributed by atoms with Gasteiger partial charge >= 0.3 is 0 Å². The maximum absolute atomic E-state index is 5.81. The predicted octanol–water partition coefficient (Wildman–Crippen LogP) is 3.02. The largest absolute Gasteiger partial charge is 0.379 e. The number of hydrogen-bond donors (Lipinski definition) is 2. The Morgan fingerprint density at radius 1 is 1.35 bits per heavy atom. The van der Waals surface area contributed by atoms with Gasteiger partial charge < -0.3 is 15.8 Å². The van der Waals surface area contributed by atoms with Crippen LogP contribution in [0.25, 0.3) is 0 Å². The Morgan fingerprint density at radius 2 is 2.05 bits per heavy atom. The summed E-state index contributed by atoms with van der Waals surface area (Å²) in [6.07, 6.45) is 3.68. The number of aliphatic imine (C=N–C) groups is 1. The van der Waals surface area contributed by atoms with Crippen molar-refractivity contribution in [2.75, 3.05) is 25.1 Å². The second-order valence-electron chi connectivity index (χ2n) is 4.96. The van der Waals surface area contributed by atoms with Crippen LogP contribution in [-0.2, 0) is 11.2 Å². The van der Waals surface area contributed by atoms with Crippen LogP contribution in [0.3, 0.4) is 0 Å². The van der Waals surface area contributed by atoms with Crippen molar-refractivity contribution in [3.05, 3.63) is 29.8 Å². The normalized spacial score (nSPS) is 14.8. The zero-order valence-corrected chi connectivity index (χ0v) is 14.3. The molecule has 4 nitrogen and oxygen atoms in total. The Kier molecular flexibility index (Phi) is 7.91. The minimum absolute atomic E-state index is 0. The highest BCUT2D eigenvalue weighted by Crippen LogP contribution is 2.28. The number of benzene rings is 1. The van der Waals surface area contributed by atoms with Crippen molar-refractivity contribution >= 4 is 35.6 Å². The lowest BCUT2D eigenvalue weighted by Gasteiger charge is -2.06. The topological polar surface area (TPSA) is 59.6 Å². The fourth-order valence-electron chi connectivity index (χ4n) is 1.78. The average molecular weight is 389 g/mol. The highest BCUT2D eigenvalue weighted by atomic mass is 127. The predicted molar refractivity (Wildman–Crippen MR) is 94.9 cm³/mol. The van der Waals surface area contributed by atoms with Crippen molar-refractivity contribution in [3.63, 3.8) is 0 Å². The van der Waals surface area contributed by atoms with Crippen LogP contribution in [0, 0.1) is 5.92 Å². The van der Waals surface area contributed by atoms with Gasteiger partial charge in [0.05, 0.1) is 13.2 Å². The van der Waals surface area contributed by atoms with E-state index in [0.29, 0.717) is 19.1 Å². The highest BCUT2D eigenvalue weighted by Gasteiger charge is 2.20. The fraction of sp³-hybridized carbons (Fsp3) is 0.533. The number of ether oxygens (including phenoxy) is 1. The van der Waals surface area contributed by atoms with E-state index in [-0.39, 0.29) is 24.0 Å². The molecular formula is C15H24IN3O. The summed E-state index contributed by atoms with van der Waals surface area (Å²) in [7, 11) is 0. The van der Waals surface area contributed by atoms with Crippen molar-refractivity contribution in [3.8, 4) is 0 Å². The Bertz CT molecular complexity index is 416. The molecule has 5 heteroatoms. The van der Waals surface area contributed by atoms with E-state index in [1.807, 2.05) is 12.1 Å². The number of nitrogens with two attached hydrogens (primary N) is 1. The molecule has 0 spiro atoms. The molecule has 1 aliphatic carbocycles. The zero-order valence-electron chi connectivity index (χ0n) is 12.0. The first-order valence-corrected chi connectivity index (χ1v) is 7.01. The van der Waals surface area contributed by atoms with Gasteiger partial charge in [0.1, 0.15) is 0 Å². The molecule has 1 fully saturated rings. The Hall–Kier alpha value is -0.820. The Labute approximate surface area is 138 Å². The molecular weight excluding hydrogens is 365 g/mol. The lowest BCUT2D eigenvalue weighted by Crippen LogP contribution is -2.23. The van der Waals surface area contributed by atoms with Gasteiger partial charge in [0.2, 0.25) is 0 Å². The number of guanidine groups is 1. The molecule has 112 valence electrons. The van der Waals surface area contributed by atoms with E-state index in [2.05, 4.69) is 29.4 Å².